The number of rotatable bonds is 3. The standard InChI is InChI=1S/C15H15ClN4S/c1-9-4-5-11-6-12(14(16)18-13(11)10(9)2)7-21-15-19-17-8-20(15)3/h4-6,8H,7H2,1-3H3. The summed E-state index contributed by atoms with van der Waals surface area (Å²) in [6.07, 6.45) is 1.69. The van der Waals surface area contributed by atoms with Crippen molar-refractivity contribution in [1.29, 1.82) is 0 Å². The van der Waals surface area contributed by atoms with Crippen molar-refractivity contribution in [3.8, 4) is 0 Å². The van der Waals surface area contributed by atoms with Crippen LogP contribution < -0.4 is 0 Å². The van der Waals surface area contributed by atoms with E-state index in [1.54, 1.807) is 18.1 Å². The summed E-state index contributed by atoms with van der Waals surface area (Å²) in [5, 5.41) is 10.5. The van der Waals surface area contributed by atoms with Crippen LogP contribution in [0.3, 0.4) is 0 Å². The van der Waals surface area contributed by atoms with Gasteiger partial charge in [-0.25, -0.2) is 4.98 Å². The van der Waals surface area contributed by atoms with E-state index in [1.165, 1.54) is 11.1 Å². The van der Waals surface area contributed by atoms with Crippen molar-refractivity contribution in [3.05, 3.63) is 46.4 Å². The molecule has 0 fully saturated rings. The molecule has 4 nitrogen and oxygen atoms in total. The highest BCUT2D eigenvalue weighted by Crippen LogP contribution is 2.29. The summed E-state index contributed by atoms with van der Waals surface area (Å²) in [6.45, 7) is 4.16. The molecular weight excluding hydrogens is 304 g/mol. The Morgan fingerprint density at radius 2 is 2.10 bits per heavy atom. The summed E-state index contributed by atoms with van der Waals surface area (Å²) < 4.78 is 1.89. The average molecular weight is 319 g/mol. The van der Waals surface area contributed by atoms with Gasteiger partial charge in [-0.2, -0.15) is 0 Å². The Bertz CT molecular complexity index is 813. The molecule has 0 spiro atoms. The highest BCUT2D eigenvalue weighted by Gasteiger charge is 2.10. The highest BCUT2D eigenvalue weighted by atomic mass is 35.5. The van der Waals surface area contributed by atoms with Gasteiger partial charge >= 0.3 is 0 Å². The van der Waals surface area contributed by atoms with Gasteiger partial charge in [-0.05, 0) is 31.0 Å². The third kappa shape index (κ3) is 2.76. The van der Waals surface area contributed by atoms with Gasteiger partial charge in [0.2, 0.25) is 0 Å². The molecule has 0 radical (unpaired) electrons. The Hall–Kier alpha value is -1.59. The van der Waals surface area contributed by atoms with E-state index in [0.29, 0.717) is 5.15 Å². The molecule has 0 aliphatic carbocycles. The highest BCUT2D eigenvalue weighted by molar-refractivity contribution is 7.98. The Morgan fingerprint density at radius 1 is 1.29 bits per heavy atom. The lowest BCUT2D eigenvalue weighted by Crippen LogP contribution is -1.94. The number of halogens is 1. The zero-order chi connectivity index (χ0) is 15.0. The number of fused-ring (bicyclic) bond motifs is 1. The van der Waals surface area contributed by atoms with Crippen LogP contribution in [0.4, 0.5) is 0 Å². The largest absolute Gasteiger partial charge is 0.312 e. The molecule has 6 heteroatoms. The summed E-state index contributed by atoms with van der Waals surface area (Å²) in [6, 6.07) is 6.32. The van der Waals surface area contributed by atoms with Gasteiger partial charge in [0.1, 0.15) is 11.5 Å². The first-order valence-electron chi connectivity index (χ1n) is 6.58. The Kier molecular flexibility index (Phi) is 3.87. The average Bonchev–Trinajstić information content (AvgIpc) is 2.87. The van der Waals surface area contributed by atoms with E-state index in [2.05, 4.69) is 47.2 Å². The lowest BCUT2D eigenvalue weighted by molar-refractivity contribution is 0.788. The maximum absolute atomic E-state index is 6.34. The van der Waals surface area contributed by atoms with Gasteiger partial charge in [0.15, 0.2) is 5.16 Å². The van der Waals surface area contributed by atoms with E-state index in [4.69, 9.17) is 11.6 Å². The topological polar surface area (TPSA) is 43.6 Å². The first-order valence-corrected chi connectivity index (χ1v) is 7.94. The number of hydrogen-bond donors (Lipinski definition) is 0. The molecule has 0 aliphatic heterocycles. The summed E-state index contributed by atoms with van der Waals surface area (Å²) in [5.41, 5.74) is 4.40. The molecule has 21 heavy (non-hydrogen) atoms. The second-order valence-corrected chi connectivity index (χ2v) is 6.33. The van der Waals surface area contributed by atoms with E-state index in [9.17, 15) is 0 Å². The van der Waals surface area contributed by atoms with E-state index in [-0.39, 0.29) is 0 Å². The Labute approximate surface area is 132 Å². The van der Waals surface area contributed by atoms with E-state index < -0.39 is 0 Å². The molecule has 108 valence electrons. The van der Waals surface area contributed by atoms with Crippen molar-refractivity contribution in [2.75, 3.05) is 0 Å². The summed E-state index contributed by atoms with van der Waals surface area (Å²) in [7, 11) is 1.93. The zero-order valence-electron chi connectivity index (χ0n) is 12.1. The lowest BCUT2D eigenvalue weighted by atomic mass is 10.0. The SMILES string of the molecule is Cc1ccc2cc(CSc3nncn3C)c(Cl)nc2c1C. The normalized spacial score (nSPS) is 11.2. The van der Waals surface area contributed by atoms with Crippen molar-refractivity contribution in [1.82, 2.24) is 19.7 Å². The molecule has 1 aromatic carbocycles. The van der Waals surface area contributed by atoms with Crippen LogP contribution >= 0.6 is 23.4 Å². The molecule has 0 amide bonds. The molecule has 2 aromatic heterocycles. The van der Waals surface area contributed by atoms with Crippen molar-refractivity contribution in [2.24, 2.45) is 7.05 Å². The van der Waals surface area contributed by atoms with Crippen molar-refractivity contribution in [2.45, 2.75) is 24.8 Å². The van der Waals surface area contributed by atoms with Gasteiger partial charge in [-0.1, -0.05) is 35.5 Å². The molecule has 0 aliphatic rings. The molecule has 3 rings (SSSR count). The van der Waals surface area contributed by atoms with Crippen LogP contribution in [-0.2, 0) is 12.8 Å². The molecular formula is C15H15ClN4S. The number of pyridine rings is 1. The molecule has 0 unspecified atom stereocenters. The second-order valence-electron chi connectivity index (χ2n) is 5.03. The minimum atomic E-state index is 0.561. The number of aromatic nitrogens is 4. The van der Waals surface area contributed by atoms with Crippen LogP contribution in [0.1, 0.15) is 16.7 Å². The van der Waals surface area contributed by atoms with Crippen LogP contribution in [0, 0.1) is 13.8 Å². The third-order valence-corrected chi connectivity index (χ3v) is 4.97. The van der Waals surface area contributed by atoms with Crippen LogP contribution in [0.25, 0.3) is 10.9 Å². The first-order chi connectivity index (χ1) is 10.1. The molecule has 3 aromatic rings. The number of aryl methyl sites for hydroxylation is 3. The minimum absolute atomic E-state index is 0.561. The summed E-state index contributed by atoms with van der Waals surface area (Å²) >= 11 is 7.94. The van der Waals surface area contributed by atoms with E-state index in [1.807, 2.05) is 11.6 Å². The predicted octanol–water partition coefficient (Wildman–Crippen LogP) is 3.93. The fraction of sp³-hybridized carbons (Fsp3) is 0.267. The van der Waals surface area contributed by atoms with Crippen LogP contribution in [0.2, 0.25) is 5.15 Å². The van der Waals surface area contributed by atoms with Crippen molar-refractivity contribution >= 4 is 34.3 Å². The number of thioether (sulfide) groups is 1. The Balaban J connectivity index is 1.94. The second kappa shape index (κ2) is 5.66. The lowest BCUT2D eigenvalue weighted by Gasteiger charge is -2.09. The van der Waals surface area contributed by atoms with Gasteiger partial charge in [-0.3, -0.25) is 0 Å². The van der Waals surface area contributed by atoms with Crippen molar-refractivity contribution < 1.29 is 0 Å². The third-order valence-electron chi connectivity index (χ3n) is 3.56. The van der Waals surface area contributed by atoms with Gasteiger partial charge in [0, 0.05) is 23.8 Å². The molecule has 0 saturated carbocycles. The number of nitrogens with zero attached hydrogens (tertiary/aromatic N) is 4. The van der Waals surface area contributed by atoms with Gasteiger partial charge in [-0.15, -0.1) is 10.2 Å². The smallest absolute Gasteiger partial charge is 0.191 e. The van der Waals surface area contributed by atoms with Crippen LogP contribution in [0.15, 0.2) is 29.7 Å². The maximum atomic E-state index is 6.34. The van der Waals surface area contributed by atoms with Crippen molar-refractivity contribution in [3.63, 3.8) is 0 Å². The van der Waals surface area contributed by atoms with E-state index >= 15 is 0 Å². The summed E-state index contributed by atoms with van der Waals surface area (Å²) in [4.78, 5) is 4.57. The fourth-order valence-corrected chi connectivity index (χ4v) is 3.30. The molecule has 2 heterocycles. The quantitative estimate of drug-likeness (QED) is 0.542. The maximum Gasteiger partial charge on any atom is 0.191 e. The molecule has 0 N–H and O–H groups in total. The summed E-state index contributed by atoms with van der Waals surface area (Å²) in [5.74, 6) is 0.723. The molecule has 0 bridgehead atoms. The van der Waals surface area contributed by atoms with E-state index in [0.717, 1.165) is 27.4 Å². The van der Waals surface area contributed by atoms with Gasteiger partial charge in [0.05, 0.1) is 5.52 Å². The van der Waals surface area contributed by atoms with Gasteiger partial charge in [0.25, 0.3) is 0 Å². The molecule has 0 atom stereocenters. The first kappa shape index (κ1) is 14.4. The van der Waals surface area contributed by atoms with Crippen LogP contribution in [0.5, 0.6) is 0 Å². The number of benzene rings is 1. The predicted molar refractivity (Wildman–Crippen MR) is 86.8 cm³/mol. The monoisotopic (exact) mass is 318 g/mol. The minimum Gasteiger partial charge on any atom is -0.312 e. The zero-order valence-corrected chi connectivity index (χ0v) is 13.7. The van der Waals surface area contributed by atoms with Crippen LogP contribution in [-0.4, -0.2) is 19.7 Å². The Morgan fingerprint density at radius 3 is 2.81 bits per heavy atom. The fourth-order valence-electron chi connectivity index (χ4n) is 2.15. The number of hydrogen-bond acceptors (Lipinski definition) is 4. The molecule has 0 saturated heterocycles. The van der Waals surface area contributed by atoms with Gasteiger partial charge < -0.3 is 4.57 Å².